The maximum Gasteiger partial charge on any atom is 0.141 e. The van der Waals surface area contributed by atoms with Crippen molar-refractivity contribution >= 4 is 0 Å². The zero-order valence-electron chi connectivity index (χ0n) is 6.04. The molecule has 0 fully saturated rings. The molecule has 0 N–H and O–H groups in total. The van der Waals surface area contributed by atoms with E-state index in [2.05, 4.69) is 35.8 Å². The van der Waals surface area contributed by atoms with E-state index < -0.39 is 0 Å². The molecule has 1 heterocycles. The largest absolute Gasteiger partial charge is 0.356 e. The highest BCUT2D eigenvalue weighted by Gasteiger charge is 2.06. The standard InChI is InChI=1S/C7H13N2/c1-3-4-9-6-5-8(2)7-9/h5-7H,3-4H2,1-2H3. The van der Waals surface area contributed by atoms with E-state index in [0.29, 0.717) is 0 Å². The summed E-state index contributed by atoms with van der Waals surface area (Å²) in [5.74, 6) is 0. The van der Waals surface area contributed by atoms with Crippen molar-refractivity contribution in [2.75, 3.05) is 13.6 Å². The summed E-state index contributed by atoms with van der Waals surface area (Å²) in [6.07, 6.45) is 5.34. The Balaban J connectivity index is 2.24. The fraction of sp³-hybridized carbons (Fsp3) is 0.571. The van der Waals surface area contributed by atoms with Crippen LogP contribution in [0.1, 0.15) is 13.3 Å². The summed E-state index contributed by atoms with van der Waals surface area (Å²) >= 11 is 0. The molecule has 1 rings (SSSR count). The molecular formula is C7H13N2. The lowest BCUT2D eigenvalue weighted by Crippen LogP contribution is -2.16. The molecule has 0 amide bonds. The summed E-state index contributed by atoms with van der Waals surface area (Å²) in [5, 5.41) is 0. The smallest absolute Gasteiger partial charge is 0.141 e. The van der Waals surface area contributed by atoms with E-state index >= 15 is 0 Å². The van der Waals surface area contributed by atoms with E-state index in [1.54, 1.807) is 0 Å². The van der Waals surface area contributed by atoms with E-state index in [1.807, 2.05) is 7.05 Å². The van der Waals surface area contributed by atoms with Gasteiger partial charge in [0.1, 0.15) is 6.67 Å². The Labute approximate surface area is 56.8 Å². The Morgan fingerprint density at radius 2 is 2.11 bits per heavy atom. The molecule has 0 aromatic carbocycles. The summed E-state index contributed by atoms with van der Waals surface area (Å²) < 4.78 is 0. The molecule has 0 saturated heterocycles. The van der Waals surface area contributed by atoms with Crippen LogP contribution in [0.4, 0.5) is 0 Å². The third-order valence-electron chi connectivity index (χ3n) is 1.31. The fourth-order valence-electron chi connectivity index (χ4n) is 0.892. The van der Waals surface area contributed by atoms with E-state index in [-0.39, 0.29) is 0 Å². The Hall–Kier alpha value is -0.660. The highest BCUT2D eigenvalue weighted by Crippen LogP contribution is 2.07. The van der Waals surface area contributed by atoms with Crippen molar-refractivity contribution in [1.29, 1.82) is 0 Å². The van der Waals surface area contributed by atoms with Crippen LogP contribution < -0.4 is 0 Å². The zero-order chi connectivity index (χ0) is 6.69. The minimum absolute atomic E-state index is 1.13. The molecule has 0 saturated carbocycles. The van der Waals surface area contributed by atoms with Crippen LogP contribution in [0.5, 0.6) is 0 Å². The average molecular weight is 125 g/mol. The highest BCUT2D eigenvalue weighted by molar-refractivity contribution is 4.94. The van der Waals surface area contributed by atoms with Crippen molar-refractivity contribution in [2.24, 2.45) is 0 Å². The van der Waals surface area contributed by atoms with Crippen LogP contribution >= 0.6 is 0 Å². The maximum absolute atomic E-state index is 2.18. The van der Waals surface area contributed by atoms with Crippen molar-refractivity contribution in [3.05, 3.63) is 19.1 Å². The molecule has 1 aliphatic rings. The quantitative estimate of drug-likeness (QED) is 0.547. The molecular weight excluding hydrogens is 112 g/mol. The Kier molecular flexibility index (Phi) is 1.98. The first-order valence-electron chi connectivity index (χ1n) is 3.34. The lowest BCUT2D eigenvalue weighted by Gasteiger charge is -2.15. The number of rotatable bonds is 2. The van der Waals surface area contributed by atoms with Crippen molar-refractivity contribution in [3.8, 4) is 0 Å². The first-order chi connectivity index (χ1) is 4.33. The van der Waals surface area contributed by atoms with Gasteiger partial charge in [0, 0.05) is 26.0 Å². The van der Waals surface area contributed by atoms with E-state index in [4.69, 9.17) is 0 Å². The van der Waals surface area contributed by atoms with Crippen molar-refractivity contribution < 1.29 is 0 Å². The third-order valence-corrected chi connectivity index (χ3v) is 1.31. The molecule has 2 heteroatoms. The first kappa shape index (κ1) is 6.46. The molecule has 51 valence electrons. The average Bonchev–Trinajstić information content (AvgIpc) is 2.17. The molecule has 9 heavy (non-hydrogen) atoms. The topological polar surface area (TPSA) is 6.48 Å². The van der Waals surface area contributed by atoms with Gasteiger partial charge < -0.3 is 9.80 Å². The van der Waals surface area contributed by atoms with Crippen LogP contribution in [-0.4, -0.2) is 23.4 Å². The van der Waals surface area contributed by atoms with Gasteiger partial charge in [-0.15, -0.1) is 0 Å². The molecule has 1 radical (unpaired) electrons. The first-order valence-corrected chi connectivity index (χ1v) is 3.34. The molecule has 0 spiro atoms. The summed E-state index contributed by atoms with van der Waals surface area (Å²) in [6, 6.07) is 0. The monoisotopic (exact) mass is 125 g/mol. The Bertz CT molecular complexity index is 109. The summed E-state index contributed by atoms with van der Waals surface area (Å²) in [7, 11) is 2.03. The maximum atomic E-state index is 2.18. The van der Waals surface area contributed by atoms with Gasteiger partial charge in [-0.3, -0.25) is 0 Å². The Morgan fingerprint density at radius 3 is 2.56 bits per heavy atom. The Morgan fingerprint density at radius 1 is 1.33 bits per heavy atom. The van der Waals surface area contributed by atoms with Gasteiger partial charge in [0.05, 0.1) is 0 Å². The van der Waals surface area contributed by atoms with Crippen LogP contribution in [0.2, 0.25) is 0 Å². The highest BCUT2D eigenvalue weighted by atomic mass is 15.3. The third kappa shape index (κ3) is 1.63. The minimum atomic E-state index is 1.13. The number of hydrogen-bond acceptors (Lipinski definition) is 2. The van der Waals surface area contributed by atoms with Gasteiger partial charge in [0.25, 0.3) is 0 Å². The molecule has 0 bridgehead atoms. The summed E-state index contributed by atoms with van der Waals surface area (Å²) in [5.41, 5.74) is 0. The SMILES string of the molecule is CCCN1[CH]N(C)C=C1. The van der Waals surface area contributed by atoms with Gasteiger partial charge >= 0.3 is 0 Å². The molecule has 0 aromatic heterocycles. The normalized spacial score (nSPS) is 17.6. The van der Waals surface area contributed by atoms with E-state index in [0.717, 1.165) is 6.54 Å². The summed E-state index contributed by atoms with van der Waals surface area (Å²) in [6.45, 7) is 5.39. The molecule has 1 aliphatic heterocycles. The van der Waals surface area contributed by atoms with Gasteiger partial charge in [-0.2, -0.15) is 0 Å². The van der Waals surface area contributed by atoms with Crippen LogP contribution in [0.3, 0.4) is 0 Å². The molecule has 0 atom stereocenters. The van der Waals surface area contributed by atoms with E-state index in [9.17, 15) is 0 Å². The summed E-state index contributed by atoms with van der Waals surface area (Å²) in [4.78, 5) is 4.23. The van der Waals surface area contributed by atoms with Gasteiger partial charge in [0.2, 0.25) is 0 Å². The fourth-order valence-corrected chi connectivity index (χ4v) is 0.892. The molecule has 2 nitrogen and oxygen atoms in total. The number of hydrogen-bond donors (Lipinski definition) is 0. The molecule has 0 unspecified atom stereocenters. The molecule has 0 aromatic rings. The van der Waals surface area contributed by atoms with Crippen LogP contribution in [0, 0.1) is 6.67 Å². The zero-order valence-corrected chi connectivity index (χ0v) is 6.04. The van der Waals surface area contributed by atoms with Crippen molar-refractivity contribution in [1.82, 2.24) is 9.80 Å². The second-order valence-electron chi connectivity index (χ2n) is 2.32. The van der Waals surface area contributed by atoms with Crippen LogP contribution in [0.15, 0.2) is 12.4 Å². The second kappa shape index (κ2) is 2.76. The number of nitrogens with zero attached hydrogens (tertiary/aromatic N) is 2. The van der Waals surface area contributed by atoms with Crippen LogP contribution in [-0.2, 0) is 0 Å². The minimum Gasteiger partial charge on any atom is -0.356 e. The van der Waals surface area contributed by atoms with Crippen molar-refractivity contribution in [3.63, 3.8) is 0 Å². The van der Waals surface area contributed by atoms with E-state index in [1.165, 1.54) is 6.42 Å². The predicted molar refractivity (Wildman–Crippen MR) is 38.2 cm³/mol. The lowest BCUT2D eigenvalue weighted by atomic mass is 10.4. The predicted octanol–water partition coefficient (Wildman–Crippen LogP) is 1.23. The van der Waals surface area contributed by atoms with Crippen molar-refractivity contribution in [2.45, 2.75) is 13.3 Å². The van der Waals surface area contributed by atoms with Gasteiger partial charge in [0.15, 0.2) is 0 Å². The van der Waals surface area contributed by atoms with Gasteiger partial charge in [-0.1, -0.05) is 6.92 Å². The van der Waals surface area contributed by atoms with Gasteiger partial charge in [-0.25, -0.2) is 0 Å². The van der Waals surface area contributed by atoms with Crippen LogP contribution in [0.25, 0.3) is 0 Å². The second-order valence-corrected chi connectivity index (χ2v) is 2.32. The molecule has 0 aliphatic carbocycles. The van der Waals surface area contributed by atoms with Gasteiger partial charge in [-0.05, 0) is 6.42 Å². The lowest BCUT2D eigenvalue weighted by molar-refractivity contribution is 0.379.